The normalized spacial score (nSPS) is 15.6. The minimum absolute atomic E-state index is 0.0531. The Morgan fingerprint density at radius 1 is 0.881 bits per heavy atom. The van der Waals surface area contributed by atoms with Gasteiger partial charge in [-0.05, 0) is 110 Å². The second-order valence-electron chi connectivity index (χ2n) is 16.7. The molecule has 1 saturated carbocycles. The molecule has 2 fully saturated rings. The zero-order chi connectivity index (χ0) is 42.4. The summed E-state index contributed by atoms with van der Waals surface area (Å²) in [5, 5.41) is 6.11. The predicted molar refractivity (Wildman–Crippen MR) is 216 cm³/mol. The minimum atomic E-state index is -4.73. The van der Waals surface area contributed by atoms with Gasteiger partial charge in [0.25, 0.3) is 0 Å². The van der Waals surface area contributed by atoms with E-state index >= 15 is 0 Å². The number of hydrogen-bond acceptors (Lipinski definition) is 10. The monoisotopic (exact) mass is 819 g/mol. The number of furan rings is 1. The quantitative estimate of drug-likeness (QED) is 0.155. The molecule has 2 aliphatic rings. The van der Waals surface area contributed by atoms with Gasteiger partial charge in [0.1, 0.15) is 35.0 Å². The van der Waals surface area contributed by atoms with E-state index < -0.39 is 41.2 Å². The summed E-state index contributed by atoms with van der Waals surface area (Å²) in [6.45, 7) is 14.5. The molecule has 4 amide bonds. The van der Waals surface area contributed by atoms with Crippen molar-refractivity contribution >= 4 is 57.4 Å². The number of piperidine rings is 1. The smallest absolute Gasteiger partial charge is 0.425 e. The van der Waals surface area contributed by atoms with E-state index in [1.54, 1.807) is 59.7 Å². The fraction of sp³-hybridized carbons (Fsp3) is 0.452. The highest BCUT2D eigenvalue weighted by molar-refractivity contribution is 6.18. The van der Waals surface area contributed by atoms with Gasteiger partial charge in [0, 0.05) is 42.0 Å². The molecule has 0 radical (unpaired) electrons. The number of urea groups is 1. The number of anilines is 3. The molecule has 5 aromatic rings. The highest BCUT2D eigenvalue weighted by Crippen LogP contribution is 2.46. The maximum atomic E-state index is 14.2. The van der Waals surface area contributed by atoms with Crippen LogP contribution in [0.5, 0.6) is 5.75 Å². The van der Waals surface area contributed by atoms with Crippen LogP contribution in [0.25, 0.3) is 33.1 Å². The second-order valence-corrected chi connectivity index (χ2v) is 16.7. The topological polar surface area (TPSA) is 153 Å². The molecule has 314 valence electrons. The molecule has 4 heterocycles. The lowest BCUT2D eigenvalue weighted by atomic mass is 10.0. The molecule has 1 aliphatic heterocycles. The number of likely N-dealkylation sites (tertiary alicyclic amines) is 1. The number of halogens is 3. The van der Waals surface area contributed by atoms with Gasteiger partial charge in [-0.25, -0.2) is 24.4 Å². The first-order valence-electron chi connectivity index (χ1n) is 19.6. The van der Waals surface area contributed by atoms with Crippen LogP contribution >= 0.6 is 0 Å². The van der Waals surface area contributed by atoms with Gasteiger partial charge in [0.15, 0.2) is 11.4 Å². The van der Waals surface area contributed by atoms with Crippen molar-refractivity contribution in [2.75, 3.05) is 35.2 Å². The number of aromatic nitrogens is 3. The fourth-order valence-corrected chi connectivity index (χ4v) is 7.07. The largest absolute Gasteiger partial charge is 0.490 e. The molecular formula is C42H48F3N7O7. The Hall–Kier alpha value is -5.84. The summed E-state index contributed by atoms with van der Waals surface area (Å²) in [7, 11) is 0. The molecule has 1 saturated heterocycles. The number of carbonyl (C=O) groups is 3. The van der Waals surface area contributed by atoms with Crippen LogP contribution in [0.1, 0.15) is 85.8 Å². The van der Waals surface area contributed by atoms with Gasteiger partial charge >= 0.3 is 24.4 Å². The fourth-order valence-electron chi connectivity index (χ4n) is 7.07. The van der Waals surface area contributed by atoms with E-state index in [1.165, 1.54) is 24.7 Å². The van der Waals surface area contributed by atoms with Crippen molar-refractivity contribution < 1.29 is 46.2 Å². The van der Waals surface area contributed by atoms with Crippen LogP contribution in [-0.4, -0.2) is 74.6 Å². The number of ether oxygens (including phenoxy) is 3. The van der Waals surface area contributed by atoms with Gasteiger partial charge in [0.05, 0.1) is 22.9 Å². The van der Waals surface area contributed by atoms with E-state index in [-0.39, 0.29) is 40.7 Å². The predicted octanol–water partition coefficient (Wildman–Crippen LogP) is 10.4. The van der Waals surface area contributed by atoms with Crippen LogP contribution in [0.2, 0.25) is 0 Å². The summed E-state index contributed by atoms with van der Waals surface area (Å²) in [6, 6.07) is 7.76. The Labute approximate surface area is 339 Å². The summed E-state index contributed by atoms with van der Waals surface area (Å²) in [6.07, 6.45) is 0.532. The Morgan fingerprint density at radius 3 is 2.17 bits per heavy atom. The van der Waals surface area contributed by atoms with Crippen molar-refractivity contribution in [1.29, 1.82) is 0 Å². The molecule has 7 rings (SSSR count). The van der Waals surface area contributed by atoms with Crippen LogP contribution in [-0.2, 0) is 15.7 Å². The third kappa shape index (κ3) is 9.24. The summed E-state index contributed by atoms with van der Waals surface area (Å²) in [5.41, 5.74) is -0.894. The molecule has 2 N–H and O–H groups in total. The zero-order valence-electron chi connectivity index (χ0n) is 34.0. The Balaban J connectivity index is 1.21. The van der Waals surface area contributed by atoms with Crippen LogP contribution in [0.3, 0.4) is 0 Å². The van der Waals surface area contributed by atoms with Gasteiger partial charge in [0.2, 0.25) is 0 Å². The van der Waals surface area contributed by atoms with Crippen molar-refractivity contribution in [3.8, 4) is 16.9 Å². The molecule has 0 unspecified atom stereocenters. The Morgan fingerprint density at radius 2 is 1.56 bits per heavy atom. The van der Waals surface area contributed by atoms with Crippen molar-refractivity contribution in [2.45, 2.75) is 104 Å². The first kappa shape index (κ1) is 41.3. The molecule has 0 bridgehead atoms. The number of imide groups is 1. The van der Waals surface area contributed by atoms with Crippen molar-refractivity contribution in [3.05, 3.63) is 60.7 Å². The maximum Gasteiger partial charge on any atom is 0.425 e. The Kier molecular flexibility index (Phi) is 11.0. The number of nitrogens with one attached hydrogen (secondary N) is 2. The molecule has 0 atom stereocenters. The molecule has 2 aromatic carbocycles. The minimum Gasteiger partial charge on any atom is -0.490 e. The van der Waals surface area contributed by atoms with Gasteiger partial charge in [-0.2, -0.15) is 18.1 Å². The van der Waals surface area contributed by atoms with Crippen LogP contribution < -0.4 is 20.3 Å². The SMILES string of the molecule is CCN1CCC(Oc2ccc(NC(=O)Nc3ccc(-c4cn(C5CC5)c5ncnc(N(C(=O)OC(C)(C)C)C(=O)OC(C)(C)C)c45)c4ccoc34)cc2C(F)(F)F)CC1. The molecule has 3 aromatic heterocycles. The second kappa shape index (κ2) is 15.7. The van der Waals surface area contributed by atoms with Crippen LogP contribution in [0.15, 0.2) is 59.6 Å². The third-order valence-electron chi connectivity index (χ3n) is 9.87. The van der Waals surface area contributed by atoms with E-state index in [0.29, 0.717) is 40.4 Å². The van der Waals surface area contributed by atoms with Gasteiger partial charge in [-0.15, -0.1) is 0 Å². The van der Waals surface area contributed by atoms with Crippen LogP contribution in [0.4, 0.5) is 44.7 Å². The number of fused-ring (bicyclic) bond motifs is 2. The first-order chi connectivity index (χ1) is 27.8. The van der Waals surface area contributed by atoms with E-state index in [9.17, 15) is 27.6 Å². The molecule has 17 heteroatoms. The summed E-state index contributed by atoms with van der Waals surface area (Å²) >= 11 is 0. The molecular weight excluding hydrogens is 771 g/mol. The molecule has 14 nitrogen and oxygen atoms in total. The lowest BCUT2D eigenvalue weighted by Gasteiger charge is -2.31. The number of benzene rings is 2. The summed E-state index contributed by atoms with van der Waals surface area (Å²) in [5.74, 6) is -0.342. The number of alkyl halides is 3. The maximum absolute atomic E-state index is 14.2. The van der Waals surface area contributed by atoms with Gasteiger partial charge < -0.3 is 38.7 Å². The average Bonchev–Trinajstić information content (AvgIpc) is 3.72. The van der Waals surface area contributed by atoms with Crippen LogP contribution in [0, 0.1) is 0 Å². The number of carbonyl (C=O) groups excluding carboxylic acids is 3. The average molecular weight is 820 g/mol. The number of amides is 4. The highest BCUT2D eigenvalue weighted by atomic mass is 19.4. The van der Waals surface area contributed by atoms with Crippen molar-refractivity contribution in [2.24, 2.45) is 0 Å². The van der Waals surface area contributed by atoms with Gasteiger partial charge in [-0.3, -0.25) is 0 Å². The first-order valence-corrected chi connectivity index (χ1v) is 19.6. The van der Waals surface area contributed by atoms with Crippen molar-refractivity contribution in [3.63, 3.8) is 0 Å². The number of hydrogen-bond donors (Lipinski definition) is 2. The number of rotatable bonds is 8. The molecule has 1 aliphatic carbocycles. The highest BCUT2D eigenvalue weighted by Gasteiger charge is 2.38. The lowest BCUT2D eigenvalue weighted by molar-refractivity contribution is -0.139. The molecule has 0 spiro atoms. The number of nitrogens with zero attached hydrogens (tertiary/aromatic N) is 5. The summed E-state index contributed by atoms with van der Waals surface area (Å²) in [4.78, 5) is 52.9. The lowest BCUT2D eigenvalue weighted by Crippen LogP contribution is -2.44. The van der Waals surface area contributed by atoms with Gasteiger partial charge in [-0.1, -0.05) is 13.0 Å². The Bertz CT molecular complexity index is 2360. The standard InChI is InChI=1S/C42H48F3N7O7/c1-8-50-18-15-26(16-19-50)57-32-14-9-24(21-30(32)42(43,44)45)48-37(53)49-31-13-12-27(28-17-20-56-34(28)31)29-22-51(25-10-11-25)35-33(29)36(47-23-46-35)52(38(54)58-40(2,3)4)39(55)59-41(5,6)7/h9,12-14,17,20-23,25-26H,8,10-11,15-16,18-19H2,1-7H3,(H2,48,49,53). The molecule has 59 heavy (non-hydrogen) atoms. The van der Waals surface area contributed by atoms with E-state index in [0.717, 1.165) is 43.4 Å². The van der Waals surface area contributed by atoms with E-state index in [2.05, 4.69) is 25.5 Å². The third-order valence-corrected chi connectivity index (χ3v) is 9.87. The van der Waals surface area contributed by atoms with Crippen molar-refractivity contribution in [1.82, 2.24) is 19.4 Å². The summed E-state index contributed by atoms with van der Waals surface area (Å²) < 4.78 is 67.7. The zero-order valence-corrected chi connectivity index (χ0v) is 34.0. The van der Waals surface area contributed by atoms with E-state index in [1.807, 2.05) is 17.7 Å². The van der Waals surface area contributed by atoms with E-state index in [4.69, 9.17) is 18.6 Å².